The second-order valence-corrected chi connectivity index (χ2v) is 8.90. The molecule has 11 heteroatoms. The van der Waals surface area contributed by atoms with Crippen LogP contribution in [-0.4, -0.2) is 43.9 Å². The van der Waals surface area contributed by atoms with Crippen LogP contribution in [0.1, 0.15) is 42.3 Å². The van der Waals surface area contributed by atoms with Crippen molar-refractivity contribution in [2.24, 2.45) is 5.16 Å². The Labute approximate surface area is 193 Å². The van der Waals surface area contributed by atoms with Gasteiger partial charge in [-0.25, -0.2) is 9.00 Å². The smallest absolute Gasteiger partial charge is 0.319 e. The van der Waals surface area contributed by atoms with Crippen LogP contribution in [0.15, 0.2) is 47.6 Å². The molecule has 172 valence electrons. The van der Waals surface area contributed by atoms with Crippen molar-refractivity contribution in [3.8, 4) is 0 Å². The molecule has 0 saturated heterocycles. The minimum atomic E-state index is -2.02. The number of carbonyl (C=O) groups is 2. The Kier molecular flexibility index (Phi) is 8.76. The molecular weight excluding hydrogens is 456 g/mol. The van der Waals surface area contributed by atoms with Gasteiger partial charge in [-0.2, -0.15) is 0 Å². The van der Waals surface area contributed by atoms with Crippen molar-refractivity contribution >= 4 is 46.0 Å². The number of anilines is 1. The fourth-order valence-corrected chi connectivity index (χ4v) is 3.31. The average Bonchev–Trinajstić information content (AvgIpc) is 2.73. The van der Waals surface area contributed by atoms with Crippen LogP contribution in [0.5, 0.6) is 0 Å². The van der Waals surface area contributed by atoms with E-state index in [1.54, 1.807) is 25.1 Å². The quantitative estimate of drug-likeness (QED) is 0.170. The number of hydrogen-bond acceptors (Lipinski definition) is 5. The lowest BCUT2D eigenvalue weighted by molar-refractivity contribution is 0.0956. The highest BCUT2D eigenvalue weighted by molar-refractivity contribution is 7.79. The molecule has 2 aromatic rings. The zero-order chi connectivity index (χ0) is 23.9. The van der Waals surface area contributed by atoms with E-state index in [1.165, 1.54) is 12.1 Å². The van der Waals surface area contributed by atoms with E-state index in [0.717, 1.165) is 11.1 Å². The monoisotopic (exact) mass is 480 g/mol. The lowest BCUT2D eigenvalue weighted by Gasteiger charge is -2.27. The highest BCUT2D eigenvalue weighted by Gasteiger charge is 2.24. The van der Waals surface area contributed by atoms with E-state index in [1.807, 2.05) is 26.0 Å². The van der Waals surface area contributed by atoms with Gasteiger partial charge in [0.15, 0.2) is 11.1 Å². The Bertz CT molecular complexity index is 1060. The molecule has 9 nitrogen and oxygen atoms in total. The van der Waals surface area contributed by atoms with Crippen LogP contribution in [-0.2, 0) is 16.6 Å². The number of nitrogens with one attached hydrogen (secondary N) is 3. The molecule has 2 aromatic carbocycles. The summed E-state index contributed by atoms with van der Waals surface area (Å²) in [7, 11) is 0. The molecule has 3 amide bonds. The summed E-state index contributed by atoms with van der Waals surface area (Å²) in [6.45, 7) is 5.32. The average molecular weight is 481 g/mol. The van der Waals surface area contributed by atoms with Crippen molar-refractivity contribution in [3.63, 3.8) is 0 Å². The van der Waals surface area contributed by atoms with Gasteiger partial charge in [0, 0.05) is 12.2 Å². The molecule has 0 aliphatic rings. The summed E-state index contributed by atoms with van der Waals surface area (Å²) in [5.74, 6) is -0.633. The summed E-state index contributed by atoms with van der Waals surface area (Å²) in [6.07, 6.45) is 0. The van der Waals surface area contributed by atoms with Crippen LogP contribution in [0.3, 0.4) is 0 Å². The van der Waals surface area contributed by atoms with Crippen molar-refractivity contribution in [2.75, 3.05) is 17.6 Å². The van der Waals surface area contributed by atoms with Gasteiger partial charge in [0.05, 0.1) is 27.6 Å². The van der Waals surface area contributed by atoms with Crippen LogP contribution in [0.2, 0.25) is 5.02 Å². The minimum absolute atomic E-state index is 0.00410. The highest BCUT2D eigenvalue weighted by atomic mass is 35.5. The van der Waals surface area contributed by atoms with Gasteiger partial charge in [-0.05, 0) is 56.2 Å². The molecule has 0 fully saturated rings. The van der Waals surface area contributed by atoms with Crippen LogP contribution in [0, 0.1) is 0 Å². The van der Waals surface area contributed by atoms with Crippen molar-refractivity contribution in [1.82, 2.24) is 10.6 Å². The molecule has 0 heterocycles. The predicted molar refractivity (Wildman–Crippen MR) is 125 cm³/mol. The van der Waals surface area contributed by atoms with E-state index in [0.29, 0.717) is 11.4 Å². The van der Waals surface area contributed by atoms with E-state index < -0.39 is 28.6 Å². The molecule has 1 unspecified atom stereocenters. The molecule has 0 saturated carbocycles. The maximum absolute atomic E-state index is 12.6. The van der Waals surface area contributed by atoms with Crippen molar-refractivity contribution < 1.29 is 23.6 Å². The number of halogens is 1. The van der Waals surface area contributed by atoms with Crippen LogP contribution in [0.4, 0.5) is 10.5 Å². The van der Waals surface area contributed by atoms with Gasteiger partial charge in [0.1, 0.15) is 0 Å². The fourth-order valence-electron chi connectivity index (χ4n) is 2.83. The van der Waals surface area contributed by atoms with Crippen LogP contribution in [0.25, 0.3) is 0 Å². The third kappa shape index (κ3) is 7.04. The van der Waals surface area contributed by atoms with Gasteiger partial charge < -0.3 is 25.7 Å². The van der Waals surface area contributed by atoms with Gasteiger partial charge in [-0.15, -0.1) is 0 Å². The molecule has 0 spiro atoms. The van der Waals surface area contributed by atoms with Crippen LogP contribution < -0.4 is 16.0 Å². The van der Waals surface area contributed by atoms with E-state index in [2.05, 4.69) is 21.1 Å². The number of amides is 3. The lowest BCUT2D eigenvalue weighted by Crippen LogP contribution is -2.43. The highest BCUT2D eigenvalue weighted by Crippen LogP contribution is 2.23. The van der Waals surface area contributed by atoms with Gasteiger partial charge in [-0.3, -0.25) is 4.79 Å². The first-order valence-corrected chi connectivity index (χ1v) is 11.2. The van der Waals surface area contributed by atoms with Crippen molar-refractivity contribution in [1.29, 1.82) is 0 Å². The van der Waals surface area contributed by atoms with E-state index in [-0.39, 0.29) is 22.9 Å². The Morgan fingerprint density at radius 2 is 1.91 bits per heavy atom. The fraction of sp³-hybridized carbons (Fsp3) is 0.286. The largest absolute Gasteiger partial charge is 0.411 e. The minimum Gasteiger partial charge on any atom is -0.411 e. The summed E-state index contributed by atoms with van der Waals surface area (Å²) < 4.78 is 19.5. The normalized spacial score (nSPS) is 12.7. The first-order valence-electron chi connectivity index (χ1n) is 9.57. The molecule has 0 aromatic heterocycles. The van der Waals surface area contributed by atoms with Gasteiger partial charge in [0.2, 0.25) is 0 Å². The first kappa shape index (κ1) is 25.3. The maximum atomic E-state index is 12.6. The number of hydrogen-bond donors (Lipinski definition) is 5. The van der Waals surface area contributed by atoms with Gasteiger partial charge in [-0.1, -0.05) is 35.0 Å². The van der Waals surface area contributed by atoms with Crippen molar-refractivity contribution in [3.05, 3.63) is 64.2 Å². The number of carbonyl (C=O) groups excluding carboxylic acids is 2. The molecule has 0 aliphatic heterocycles. The maximum Gasteiger partial charge on any atom is 0.319 e. The number of benzene rings is 2. The number of nitrogens with zero attached hydrogens (tertiary/aromatic N) is 1. The zero-order valence-electron chi connectivity index (χ0n) is 17.8. The molecule has 32 heavy (non-hydrogen) atoms. The Balaban J connectivity index is 2.10. The summed E-state index contributed by atoms with van der Waals surface area (Å²) in [6, 6.07) is 11.2. The Morgan fingerprint density at radius 1 is 1.19 bits per heavy atom. The molecule has 0 aliphatic carbocycles. The Morgan fingerprint density at radius 3 is 2.56 bits per heavy atom. The van der Waals surface area contributed by atoms with E-state index in [9.17, 15) is 13.8 Å². The predicted octanol–water partition coefficient (Wildman–Crippen LogP) is 3.55. The molecule has 0 bridgehead atoms. The second kappa shape index (κ2) is 11.1. The first-order chi connectivity index (χ1) is 15.0. The molecular formula is C21H25ClN4O5S. The summed E-state index contributed by atoms with van der Waals surface area (Å²) in [5, 5.41) is 20.4. The number of rotatable bonds is 8. The molecule has 5 N–H and O–H groups in total. The molecule has 0 radical (unpaired) electrons. The third-order valence-corrected chi connectivity index (χ3v) is 5.49. The van der Waals surface area contributed by atoms with E-state index >= 15 is 0 Å². The van der Waals surface area contributed by atoms with E-state index in [4.69, 9.17) is 21.4 Å². The summed E-state index contributed by atoms with van der Waals surface area (Å²) in [5.41, 5.74) is 1.67. The lowest BCUT2D eigenvalue weighted by atomic mass is 9.92. The number of urea groups is 1. The standard InChI is InChI=1S/C21H25ClN4O5S/c1-13(26-29)14-5-4-6-15(11-14)21(2,3)25-20(28)24-16-7-8-18(22)17(12-16)19(27)23-9-10-32(30)31/h4-8,11-12,29H,9-10H2,1-3H3,(H,23,27)(H,30,31)(H2,24,25,28)/b26-13+. The Hall–Kier alpha value is -2.95. The topological polar surface area (TPSA) is 140 Å². The van der Waals surface area contributed by atoms with Gasteiger partial charge in [0.25, 0.3) is 5.91 Å². The number of oxime groups is 1. The molecule has 1 atom stereocenters. The van der Waals surface area contributed by atoms with Crippen molar-refractivity contribution in [2.45, 2.75) is 26.3 Å². The van der Waals surface area contributed by atoms with Crippen LogP contribution >= 0.6 is 11.6 Å². The molecule has 2 rings (SSSR count). The summed E-state index contributed by atoms with van der Waals surface area (Å²) >= 11 is 4.06. The SMILES string of the molecule is C/C(=N\O)c1cccc(C(C)(C)NC(=O)Nc2ccc(Cl)c(C(=O)NCCS(=O)O)c2)c1. The summed E-state index contributed by atoms with van der Waals surface area (Å²) in [4.78, 5) is 24.9. The van der Waals surface area contributed by atoms with Gasteiger partial charge >= 0.3 is 6.03 Å². The third-order valence-electron chi connectivity index (χ3n) is 4.61. The second-order valence-electron chi connectivity index (χ2n) is 7.45. The zero-order valence-corrected chi connectivity index (χ0v) is 19.4.